The number of anilines is 1. The first-order chi connectivity index (χ1) is 15.0. The average Bonchev–Trinajstić information content (AvgIpc) is 2.80. The van der Waals surface area contributed by atoms with E-state index >= 15 is 0 Å². The quantitative estimate of drug-likeness (QED) is 0.419. The molecule has 0 unspecified atom stereocenters. The van der Waals surface area contributed by atoms with Gasteiger partial charge in [-0.25, -0.2) is 0 Å². The standard InChI is InChI=1S/C27H25N3O/c1-17(2)24-10-7-21(15-28-24)25-14-18-5-4-6-22(23(18)16-29-25)19-8-11-26-20(13-19)9-12-27(31)30(26)3/h4-8,10-11,13-17H,9,12H2,1-3H3. The normalized spacial score (nSPS) is 13.7. The number of aryl methyl sites for hydroxylation is 1. The van der Waals surface area contributed by atoms with E-state index < -0.39 is 0 Å². The molecule has 0 radical (unpaired) electrons. The summed E-state index contributed by atoms with van der Waals surface area (Å²) in [6, 6.07) is 19.1. The number of carbonyl (C=O) groups is 1. The van der Waals surface area contributed by atoms with E-state index in [4.69, 9.17) is 4.98 Å². The lowest BCUT2D eigenvalue weighted by Gasteiger charge is -2.26. The molecule has 0 fully saturated rings. The van der Waals surface area contributed by atoms with E-state index in [2.05, 4.69) is 73.4 Å². The Morgan fingerprint density at radius 3 is 2.52 bits per heavy atom. The summed E-state index contributed by atoms with van der Waals surface area (Å²) in [5.74, 6) is 0.591. The van der Waals surface area contributed by atoms with E-state index in [-0.39, 0.29) is 5.91 Å². The van der Waals surface area contributed by atoms with Gasteiger partial charge in [-0.3, -0.25) is 14.8 Å². The lowest BCUT2D eigenvalue weighted by Crippen LogP contribution is -2.30. The fourth-order valence-corrected chi connectivity index (χ4v) is 4.30. The van der Waals surface area contributed by atoms with Crippen LogP contribution in [0.2, 0.25) is 0 Å². The Morgan fingerprint density at radius 1 is 0.903 bits per heavy atom. The summed E-state index contributed by atoms with van der Waals surface area (Å²) < 4.78 is 0. The number of fused-ring (bicyclic) bond motifs is 2. The highest BCUT2D eigenvalue weighted by Gasteiger charge is 2.21. The van der Waals surface area contributed by atoms with Crippen molar-refractivity contribution in [2.24, 2.45) is 0 Å². The van der Waals surface area contributed by atoms with Crippen LogP contribution in [-0.4, -0.2) is 22.9 Å². The van der Waals surface area contributed by atoms with E-state index in [0.717, 1.165) is 51.0 Å². The Bertz CT molecular complexity index is 1290. The molecule has 4 heteroatoms. The van der Waals surface area contributed by atoms with Crippen LogP contribution < -0.4 is 4.90 Å². The highest BCUT2D eigenvalue weighted by atomic mass is 16.2. The molecule has 4 nitrogen and oxygen atoms in total. The summed E-state index contributed by atoms with van der Waals surface area (Å²) in [6.45, 7) is 4.29. The van der Waals surface area contributed by atoms with Crippen LogP contribution in [0.25, 0.3) is 33.2 Å². The van der Waals surface area contributed by atoms with Gasteiger partial charge in [-0.1, -0.05) is 38.1 Å². The van der Waals surface area contributed by atoms with Crippen molar-refractivity contribution in [3.05, 3.63) is 78.2 Å². The van der Waals surface area contributed by atoms with Gasteiger partial charge in [0.05, 0.1) is 5.69 Å². The fraction of sp³-hybridized carbons (Fsp3) is 0.222. The van der Waals surface area contributed by atoms with Crippen molar-refractivity contribution in [3.63, 3.8) is 0 Å². The zero-order valence-electron chi connectivity index (χ0n) is 18.1. The molecule has 1 aliphatic rings. The maximum absolute atomic E-state index is 12.0. The van der Waals surface area contributed by atoms with Gasteiger partial charge in [0.25, 0.3) is 0 Å². The van der Waals surface area contributed by atoms with Crippen molar-refractivity contribution >= 4 is 22.4 Å². The molecule has 0 atom stereocenters. The molecular weight excluding hydrogens is 382 g/mol. The number of amides is 1. The van der Waals surface area contributed by atoms with Gasteiger partial charge >= 0.3 is 0 Å². The Morgan fingerprint density at radius 2 is 1.74 bits per heavy atom. The van der Waals surface area contributed by atoms with Gasteiger partial charge < -0.3 is 4.90 Å². The molecule has 1 aliphatic heterocycles. The van der Waals surface area contributed by atoms with E-state index in [1.54, 1.807) is 4.90 Å². The van der Waals surface area contributed by atoms with Crippen LogP contribution in [-0.2, 0) is 11.2 Å². The third kappa shape index (κ3) is 3.48. The predicted molar refractivity (Wildman–Crippen MR) is 126 cm³/mol. The van der Waals surface area contributed by atoms with Gasteiger partial charge in [0.2, 0.25) is 5.91 Å². The van der Waals surface area contributed by atoms with Crippen molar-refractivity contribution in [3.8, 4) is 22.4 Å². The molecular formula is C27H25N3O. The average molecular weight is 408 g/mol. The molecule has 2 aromatic carbocycles. The minimum Gasteiger partial charge on any atom is -0.315 e. The van der Waals surface area contributed by atoms with Gasteiger partial charge in [-0.05, 0) is 64.7 Å². The minimum absolute atomic E-state index is 0.179. The maximum Gasteiger partial charge on any atom is 0.227 e. The molecule has 0 N–H and O–H groups in total. The Kier molecular flexibility index (Phi) is 4.78. The third-order valence-corrected chi connectivity index (χ3v) is 6.17. The lowest BCUT2D eigenvalue weighted by molar-refractivity contribution is -0.118. The number of rotatable bonds is 3. The lowest BCUT2D eigenvalue weighted by atomic mass is 9.93. The molecule has 0 saturated heterocycles. The van der Waals surface area contributed by atoms with Gasteiger partial charge in [0.15, 0.2) is 0 Å². The first-order valence-corrected chi connectivity index (χ1v) is 10.8. The van der Waals surface area contributed by atoms with Crippen LogP contribution in [0.1, 0.15) is 37.4 Å². The fourth-order valence-electron chi connectivity index (χ4n) is 4.30. The summed E-state index contributed by atoms with van der Waals surface area (Å²) >= 11 is 0. The molecule has 2 aromatic heterocycles. The number of nitrogens with zero attached hydrogens (tertiary/aromatic N) is 3. The zero-order valence-corrected chi connectivity index (χ0v) is 18.1. The third-order valence-electron chi connectivity index (χ3n) is 6.17. The van der Waals surface area contributed by atoms with Crippen LogP contribution in [0.4, 0.5) is 5.69 Å². The van der Waals surface area contributed by atoms with Crippen molar-refractivity contribution in [1.82, 2.24) is 9.97 Å². The topological polar surface area (TPSA) is 46.1 Å². The summed E-state index contributed by atoms with van der Waals surface area (Å²) in [4.78, 5) is 23.1. The smallest absolute Gasteiger partial charge is 0.227 e. The Labute approximate surface area is 182 Å². The summed E-state index contributed by atoms with van der Waals surface area (Å²) in [5.41, 5.74) is 7.59. The number of benzene rings is 2. The number of hydrogen-bond donors (Lipinski definition) is 0. The summed E-state index contributed by atoms with van der Waals surface area (Å²) in [5, 5.41) is 2.28. The number of hydrogen-bond acceptors (Lipinski definition) is 3. The van der Waals surface area contributed by atoms with Crippen LogP contribution in [0, 0.1) is 0 Å². The number of carbonyl (C=O) groups excluding carboxylic acids is 1. The SMILES string of the molecule is CC(C)c1ccc(-c2cc3cccc(-c4ccc5c(c4)CCC(=O)N5C)c3cn2)cn1. The minimum atomic E-state index is 0.179. The van der Waals surface area contributed by atoms with Crippen molar-refractivity contribution in [2.75, 3.05) is 11.9 Å². The summed E-state index contributed by atoms with van der Waals surface area (Å²) in [6.07, 6.45) is 5.23. The molecule has 0 aliphatic carbocycles. The van der Waals surface area contributed by atoms with Gasteiger partial charge in [-0.2, -0.15) is 0 Å². The summed E-state index contributed by atoms with van der Waals surface area (Å²) in [7, 11) is 1.85. The van der Waals surface area contributed by atoms with Gasteiger partial charge in [0, 0.05) is 48.2 Å². The van der Waals surface area contributed by atoms with E-state index in [1.165, 1.54) is 5.56 Å². The second-order valence-electron chi connectivity index (χ2n) is 8.52. The molecule has 31 heavy (non-hydrogen) atoms. The van der Waals surface area contributed by atoms with Crippen LogP contribution in [0.5, 0.6) is 0 Å². The second-order valence-corrected chi connectivity index (χ2v) is 8.52. The van der Waals surface area contributed by atoms with Crippen LogP contribution in [0.3, 0.4) is 0 Å². The molecule has 3 heterocycles. The first-order valence-electron chi connectivity index (χ1n) is 10.8. The number of pyridine rings is 2. The van der Waals surface area contributed by atoms with Crippen LogP contribution in [0.15, 0.2) is 67.0 Å². The molecule has 0 spiro atoms. The zero-order chi connectivity index (χ0) is 21.5. The van der Waals surface area contributed by atoms with Gasteiger partial charge in [0.1, 0.15) is 0 Å². The molecule has 4 aromatic rings. The van der Waals surface area contributed by atoms with Crippen LogP contribution >= 0.6 is 0 Å². The second kappa shape index (κ2) is 7.62. The highest BCUT2D eigenvalue weighted by Crippen LogP contribution is 2.35. The maximum atomic E-state index is 12.0. The molecule has 5 rings (SSSR count). The predicted octanol–water partition coefficient (Wildman–Crippen LogP) is 6.00. The Balaban J connectivity index is 1.55. The molecule has 0 saturated carbocycles. The van der Waals surface area contributed by atoms with Crippen molar-refractivity contribution < 1.29 is 4.79 Å². The Hall–Kier alpha value is -3.53. The van der Waals surface area contributed by atoms with Gasteiger partial charge in [-0.15, -0.1) is 0 Å². The van der Waals surface area contributed by atoms with E-state index in [1.807, 2.05) is 19.4 Å². The molecule has 1 amide bonds. The number of aromatic nitrogens is 2. The van der Waals surface area contributed by atoms with Crippen molar-refractivity contribution in [2.45, 2.75) is 32.6 Å². The molecule has 154 valence electrons. The van der Waals surface area contributed by atoms with E-state index in [9.17, 15) is 4.79 Å². The first kappa shape index (κ1) is 19.4. The highest BCUT2D eigenvalue weighted by molar-refractivity contribution is 5.99. The van der Waals surface area contributed by atoms with Crippen molar-refractivity contribution in [1.29, 1.82) is 0 Å². The largest absolute Gasteiger partial charge is 0.315 e. The molecule has 0 bridgehead atoms. The van der Waals surface area contributed by atoms with E-state index in [0.29, 0.717) is 12.3 Å². The monoisotopic (exact) mass is 407 g/mol.